The van der Waals surface area contributed by atoms with Gasteiger partial charge < -0.3 is 10.3 Å². The number of carbonyl (C=O) groups is 2. The number of aromatic amines is 1. The molecular weight excluding hydrogens is 288 g/mol. The van der Waals surface area contributed by atoms with E-state index in [0.29, 0.717) is 18.8 Å². The minimum atomic E-state index is -0.382. The normalized spacial score (nSPS) is 14.0. The van der Waals surface area contributed by atoms with E-state index < -0.39 is 0 Å². The van der Waals surface area contributed by atoms with Crippen molar-refractivity contribution in [3.63, 3.8) is 0 Å². The maximum absolute atomic E-state index is 12.4. The monoisotopic (exact) mass is 314 g/mol. The summed E-state index contributed by atoms with van der Waals surface area (Å²) >= 11 is 0. The summed E-state index contributed by atoms with van der Waals surface area (Å²) in [4.78, 5) is 27.4. The molecule has 1 aromatic carbocycles. The Morgan fingerprint density at radius 3 is 2.52 bits per heavy atom. The van der Waals surface area contributed by atoms with E-state index in [-0.39, 0.29) is 23.7 Å². The van der Waals surface area contributed by atoms with Gasteiger partial charge in [-0.15, -0.1) is 0 Å². The molecule has 0 saturated carbocycles. The molecule has 4 heteroatoms. The molecule has 124 valence electrons. The Kier molecular flexibility index (Phi) is 5.59. The number of hydrogen-bond donors (Lipinski definition) is 2. The molecule has 0 radical (unpaired) electrons. The largest absolute Gasteiger partial charge is 0.361 e. The first-order valence-corrected chi connectivity index (χ1v) is 8.24. The van der Waals surface area contributed by atoms with E-state index in [1.165, 1.54) is 6.92 Å². The number of para-hydroxylation sites is 1. The third-order valence-electron chi connectivity index (χ3n) is 4.16. The van der Waals surface area contributed by atoms with Crippen molar-refractivity contribution in [1.29, 1.82) is 0 Å². The van der Waals surface area contributed by atoms with E-state index in [4.69, 9.17) is 0 Å². The van der Waals surface area contributed by atoms with Crippen molar-refractivity contribution in [2.45, 2.75) is 46.6 Å². The standard InChI is InChI=1S/C19H26N2O2/c1-12(2)9-18(14(4)22)21-19(23)13(3)10-15-11-20-17-8-6-5-7-16(15)17/h5-8,11-13,18,20H,9-10H2,1-4H3,(H,21,23)/t13-,18+/m0/s1. The highest BCUT2D eigenvalue weighted by molar-refractivity contribution is 5.89. The van der Waals surface area contributed by atoms with Crippen molar-refractivity contribution < 1.29 is 9.59 Å². The van der Waals surface area contributed by atoms with Gasteiger partial charge in [-0.3, -0.25) is 9.59 Å². The van der Waals surface area contributed by atoms with Crippen LogP contribution in [0.5, 0.6) is 0 Å². The molecule has 2 rings (SSSR count). The SMILES string of the molecule is CC(=O)[C@@H](CC(C)C)NC(=O)[C@@H](C)Cc1c[nH]c2ccccc12. The van der Waals surface area contributed by atoms with Gasteiger partial charge >= 0.3 is 0 Å². The van der Waals surface area contributed by atoms with Gasteiger partial charge in [0.05, 0.1) is 6.04 Å². The van der Waals surface area contributed by atoms with Crippen LogP contribution in [0.2, 0.25) is 0 Å². The van der Waals surface area contributed by atoms with Crippen LogP contribution in [0.1, 0.15) is 39.7 Å². The quantitative estimate of drug-likeness (QED) is 0.822. The van der Waals surface area contributed by atoms with Crippen LogP contribution in [0.3, 0.4) is 0 Å². The van der Waals surface area contributed by atoms with Gasteiger partial charge in [-0.05, 0) is 37.3 Å². The van der Waals surface area contributed by atoms with Gasteiger partial charge in [-0.1, -0.05) is 39.0 Å². The van der Waals surface area contributed by atoms with Crippen molar-refractivity contribution in [2.75, 3.05) is 0 Å². The molecule has 0 aliphatic rings. The number of ketones is 1. The minimum Gasteiger partial charge on any atom is -0.361 e. The summed E-state index contributed by atoms with van der Waals surface area (Å²) in [6.07, 6.45) is 3.30. The second-order valence-electron chi connectivity index (χ2n) is 6.77. The van der Waals surface area contributed by atoms with E-state index in [1.54, 1.807) is 0 Å². The summed E-state index contributed by atoms with van der Waals surface area (Å²) < 4.78 is 0. The second-order valence-corrected chi connectivity index (χ2v) is 6.77. The number of rotatable bonds is 7. The van der Waals surface area contributed by atoms with Crippen molar-refractivity contribution in [3.8, 4) is 0 Å². The second kappa shape index (κ2) is 7.44. The Morgan fingerprint density at radius 2 is 1.87 bits per heavy atom. The molecule has 0 bridgehead atoms. The lowest BCUT2D eigenvalue weighted by Crippen LogP contribution is -2.43. The molecule has 1 aromatic heterocycles. The fourth-order valence-electron chi connectivity index (χ4n) is 2.83. The molecular formula is C19H26N2O2. The van der Waals surface area contributed by atoms with E-state index in [2.05, 4.69) is 30.2 Å². The lowest BCUT2D eigenvalue weighted by Gasteiger charge is -2.20. The minimum absolute atomic E-state index is 0.0198. The zero-order valence-corrected chi connectivity index (χ0v) is 14.3. The highest BCUT2D eigenvalue weighted by Gasteiger charge is 2.22. The van der Waals surface area contributed by atoms with Gasteiger partial charge in [0.15, 0.2) is 5.78 Å². The molecule has 0 unspecified atom stereocenters. The molecule has 1 amide bonds. The molecule has 2 atom stereocenters. The lowest BCUT2D eigenvalue weighted by molar-refractivity contribution is -0.129. The van der Waals surface area contributed by atoms with Crippen LogP contribution >= 0.6 is 0 Å². The Labute approximate surface area is 137 Å². The van der Waals surface area contributed by atoms with E-state index >= 15 is 0 Å². The molecule has 1 heterocycles. The van der Waals surface area contributed by atoms with Crippen LogP contribution in [-0.2, 0) is 16.0 Å². The molecule has 2 aromatic rings. The summed E-state index contributed by atoms with van der Waals surface area (Å²) in [5.74, 6) is 0.152. The van der Waals surface area contributed by atoms with Gasteiger partial charge in [-0.25, -0.2) is 0 Å². The topological polar surface area (TPSA) is 62.0 Å². The number of amides is 1. The highest BCUT2D eigenvalue weighted by atomic mass is 16.2. The first kappa shape index (κ1) is 17.3. The average molecular weight is 314 g/mol. The van der Waals surface area contributed by atoms with Crippen molar-refractivity contribution >= 4 is 22.6 Å². The maximum atomic E-state index is 12.4. The van der Waals surface area contributed by atoms with E-state index in [9.17, 15) is 9.59 Å². The van der Waals surface area contributed by atoms with Crippen LogP contribution in [0, 0.1) is 11.8 Å². The Bertz CT molecular complexity index is 687. The number of nitrogens with one attached hydrogen (secondary N) is 2. The van der Waals surface area contributed by atoms with Gasteiger partial charge in [0.2, 0.25) is 5.91 Å². The Hall–Kier alpha value is -2.10. The molecule has 2 N–H and O–H groups in total. The fourth-order valence-corrected chi connectivity index (χ4v) is 2.83. The zero-order valence-electron chi connectivity index (χ0n) is 14.3. The van der Waals surface area contributed by atoms with Crippen LogP contribution < -0.4 is 5.32 Å². The molecule has 0 fully saturated rings. The summed E-state index contributed by atoms with van der Waals surface area (Å²) in [6.45, 7) is 7.55. The number of H-pyrrole nitrogens is 1. The van der Waals surface area contributed by atoms with Gasteiger partial charge in [0, 0.05) is 23.0 Å². The van der Waals surface area contributed by atoms with Gasteiger partial charge in [0.25, 0.3) is 0 Å². The summed E-state index contributed by atoms with van der Waals surface area (Å²) in [6, 6.07) is 7.69. The molecule has 0 aliphatic carbocycles. The summed E-state index contributed by atoms with van der Waals surface area (Å²) in [5, 5.41) is 4.06. The maximum Gasteiger partial charge on any atom is 0.223 e. The molecule has 4 nitrogen and oxygen atoms in total. The predicted molar refractivity (Wildman–Crippen MR) is 93.2 cm³/mol. The molecule has 0 spiro atoms. The fraction of sp³-hybridized carbons (Fsp3) is 0.474. The first-order valence-electron chi connectivity index (χ1n) is 8.24. The number of benzene rings is 1. The number of hydrogen-bond acceptors (Lipinski definition) is 2. The molecule has 0 aliphatic heterocycles. The van der Waals surface area contributed by atoms with Crippen LogP contribution in [-0.4, -0.2) is 22.7 Å². The van der Waals surface area contributed by atoms with E-state index in [1.807, 2.05) is 31.3 Å². The molecule has 0 saturated heterocycles. The first-order chi connectivity index (χ1) is 10.9. The lowest BCUT2D eigenvalue weighted by atomic mass is 9.97. The number of carbonyl (C=O) groups excluding carboxylic acids is 2. The smallest absolute Gasteiger partial charge is 0.223 e. The molecule has 23 heavy (non-hydrogen) atoms. The van der Waals surface area contributed by atoms with Crippen LogP contribution in [0.25, 0.3) is 10.9 Å². The van der Waals surface area contributed by atoms with Crippen molar-refractivity contribution in [3.05, 3.63) is 36.0 Å². The zero-order chi connectivity index (χ0) is 17.0. The summed E-state index contributed by atoms with van der Waals surface area (Å²) in [7, 11) is 0. The van der Waals surface area contributed by atoms with Gasteiger partial charge in [-0.2, -0.15) is 0 Å². The van der Waals surface area contributed by atoms with Crippen LogP contribution in [0.4, 0.5) is 0 Å². The average Bonchev–Trinajstić information content (AvgIpc) is 2.89. The van der Waals surface area contributed by atoms with E-state index in [0.717, 1.165) is 16.5 Å². The number of Topliss-reactive ketones (excluding diaryl/α,β-unsaturated/α-hetero) is 1. The number of fused-ring (bicyclic) bond motifs is 1. The van der Waals surface area contributed by atoms with Crippen molar-refractivity contribution in [2.24, 2.45) is 11.8 Å². The Morgan fingerprint density at radius 1 is 1.17 bits per heavy atom. The van der Waals surface area contributed by atoms with Crippen molar-refractivity contribution in [1.82, 2.24) is 10.3 Å². The number of aromatic nitrogens is 1. The highest BCUT2D eigenvalue weighted by Crippen LogP contribution is 2.21. The third-order valence-corrected chi connectivity index (χ3v) is 4.16. The summed E-state index contributed by atoms with van der Waals surface area (Å²) in [5.41, 5.74) is 2.21. The van der Waals surface area contributed by atoms with Crippen LogP contribution in [0.15, 0.2) is 30.5 Å². The Balaban J connectivity index is 2.03. The van der Waals surface area contributed by atoms with Gasteiger partial charge in [0.1, 0.15) is 0 Å². The predicted octanol–water partition coefficient (Wildman–Crippen LogP) is 3.47. The third kappa shape index (κ3) is 4.44.